The van der Waals surface area contributed by atoms with Gasteiger partial charge in [-0.25, -0.2) is 0 Å². The van der Waals surface area contributed by atoms with Crippen molar-refractivity contribution in [2.45, 2.75) is 38.3 Å². The van der Waals surface area contributed by atoms with Crippen molar-refractivity contribution in [3.63, 3.8) is 0 Å². The van der Waals surface area contributed by atoms with Crippen LogP contribution in [0, 0.1) is 0 Å². The van der Waals surface area contributed by atoms with Crippen LogP contribution >= 0.6 is 24.0 Å². The van der Waals surface area contributed by atoms with E-state index in [0.29, 0.717) is 16.8 Å². The van der Waals surface area contributed by atoms with Crippen molar-refractivity contribution in [3.05, 3.63) is 60.2 Å². The molecule has 7 nitrogen and oxygen atoms in total. The number of hydrazine groups is 1. The molecule has 0 fully saturated rings. The molecule has 1 heterocycles. The van der Waals surface area contributed by atoms with Crippen molar-refractivity contribution in [3.8, 4) is 17.1 Å². The average Bonchev–Trinajstić information content (AvgIpc) is 3.20. The molecule has 0 unspecified atom stereocenters. The monoisotopic (exact) mass is 468 g/mol. The highest BCUT2D eigenvalue weighted by molar-refractivity contribution is 7.99. The Hall–Kier alpha value is -2.91. The molecule has 1 aromatic heterocycles. The number of hydrogen-bond donors (Lipinski definition) is 3. The lowest BCUT2D eigenvalue weighted by Crippen LogP contribution is -2.47. The van der Waals surface area contributed by atoms with Crippen LogP contribution in [0.2, 0.25) is 0 Å². The number of benzene rings is 2. The zero-order valence-corrected chi connectivity index (χ0v) is 20.3. The van der Waals surface area contributed by atoms with Gasteiger partial charge in [-0.15, -0.1) is 10.2 Å². The van der Waals surface area contributed by atoms with Crippen molar-refractivity contribution in [1.29, 1.82) is 0 Å². The van der Waals surface area contributed by atoms with Crippen LogP contribution in [0.25, 0.3) is 17.1 Å². The summed E-state index contributed by atoms with van der Waals surface area (Å²) in [6, 6.07) is 18.3. The van der Waals surface area contributed by atoms with E-state index in [1.54, 1.807) is 0 Å². The van der Waals surface area contributed by atoms with Gasteiger partial charge in [-0.3, -0.25) is 20.2 Å². The maximum absolute atomic E-state index is 12.2. The highest BCUT2D eigenvalue weighted by Gasteiger charge is 2.19. The zero-order valence-electron chi connectivity index (χ0n) is 18.7. The molecule has 32 heavy (non-hydrogen) atoms. The van der Waals surface area contributed by atoms with E-state index in [2.05, 4.69) is 71.4 Å². The van der Waals surface area contributed by atoms with E-state index in [4.69, 9.17) is 12.2 Å². The summed E-state index contributed by atoms with van der Waals surface area (Å²) in [6.07, 6.45) is 0. The molecule has 0 aliphatic heterocycles. The van der Waals surface area contributed by atoms with Gasteiger partial charge in [0.2, 0.25) is 5.91 Å². The molecule has 0 aliphatic rings. The van der Waals surface area contributed by atoms with E-state index in [1.165, 1.54) is 17.3 Å². The van der Waals surface area contributed by atoms with Gasteiger partial charge < -0.3 is 5.32 Å². The molecule has 0 saturated carbocycles. The molecule has 0 saturated heterocycles. The van der Waals surface area contributed by atoms with Crippen LogP contribution in [0.15, 0.2) is 59.8 Å². The van der Waals surface area contributed by atoms with E-state index >= 15 is 0 Å². The summed E-state index contributed by atoms with van der Waals surface area (Å²) in [4.78, 5) is 12.2. The molecule has 0 atom stereocenters. The van der Waals surface area contributed by atoms with E-state index < -0.39 is 0 Å². The van der Waals surface area contributed by atoms with E-state index in [-0.39, 0.29) is 17.1 Å². The standard InChI is InChI=1S/C23H28N6OS2/c1-5-24-21(31)27-25-19(30)15-32-22-28-26-20(29(22)18-9-7-6-8-10-18)16-11-13-17(14-12-16)23(2,3)4/h6-14H,5,15H2,1-4H3,(H,25,30)(H2,24,27,31). The van der Waals surface area contributed by atoms with Crippen LogP contribution in [0.3, 0.4) is 0 Å². The molecule has 3 N–H and O–H groups in total. The highest BCUT2D eigenvalue weighted by Crippen LogP contribution is 2.30. The molecule has 9 heteroatoms. The summed E-state index contributed by atoms with van der Waals surface area (Å²) < 4.78 is 1.97. The van der Waals surface area contributed by atoms with E-state index in [9.17, 15) is 4.79 Å². The molecule has 0 bridgehead atoms. The number of carbonyl (C=O) groups is 1. The molecular formula is C23H28N6OS2. The van der Waals surface area contributed by atoms with Gasteiger partial charge >= 0.3 is 0 Å². The Morgan fingerprint density at radius 2 is 1.72 bits per heavy atom. The number of para-hydroxylation sites is 1. The summed E-state index contributed by atoms with van der Waals surface area (Å²) in [6.45, 7) is 9.17. The Labute approximate surface area is 198 Å². The number of nitrogens with one attached hydrogen (secondary N) is 3. The summed E-state index contributed by atoms with van der Waals surface area (Å²) in [7, 11) is 0. The predicted octanol–water partition coefficient (Wildman–Crippen LogP) is 3.84. The van der Waals surface area contributed by atoms with Gasteiger partial charge in [0.1, 0.15) is 0 Å². The van der Waals surface area contributed by atoms with Crippen LogP contribution < -0.4 is 16.2 Å². The summed E-state index contributed by atoms with van der Waals surface area (Å²) in [5.41, 5.74) is 8.48. The van der Waals surface area contributed by atoms with Gasteiger partial charge in [0.05, 0.1) is 5.75 Å². The fraction of sp³-hybridized carbons (Fsp3) is 0.304. The molecular weight excluding hydrogens is 440 g/mol. The van der Waals surface area contributed by atoms with Gasteiger partial charge in [0, 0.05) is 17.8 Å². The lowest BCUT2D eigenvalue weighted by molar-refractivity contribution is -0.119. The predicted molar refractivity (Wildman–Crippen MR) is 134 cm³/mol. The summed E-state index contributed by atoms with van der Waals surface area (Å²) in [5.74, 6) is 0.676. The SMILES string of the molecule is CCNC(=S)NNC(=O)CSc1nnc(-c2ccc(C(C)(C)C)cc2)n1-c1ccccc1. The van der Waals surface area contributed by atoms with Crippen LogP contribution in [0.1, 0.15) is 33.3 Å². The average molecular weight is 469 g/mol. The third kappa shape index (κ3) is 6.08. The van der Waals surface area contributed by atoms with Crippen LogP contribution in [0.5, 0.6) is 0 Å². The number of hydrogen-bond acceptors (Lipinski definition) is 5. The summed E-state index contributed by atoms with van der Waals surface area (Å²) in [5, 5.41) is 12.7. The minimum absolute atomic E-state index is 0.0724. The number of nitrogens with zero attached hydrogens (tertiary/aromatic N) is 3. The second-order valence-electron chi connectivity index (χ2n) is 8.13. The van der Waals surface area contributed by atoms with Gasteiger partial charge in [0.15, 0.2) is 16.1 Å². The first kappa shape index (κ1) is 23.7. The van der Waals surface area contributed by atoms with Gasteiger partial charge in [-0.05, 0) is 42.3 Å². The molecule has 3 rings (SSSR count). The van der Waals surface area contributed by atoms with Crippen molar-refractivity contribution >= 4 is 35.0 Å². The van der Waals surface area contributed by atoms with Crippen LogP contribution in [-0.2, 0) is 10.2 Å². The Bertz CT molecular complexity index is 1060. The molecule has 1 amide bonds. The fourth-order valence-corrected chi connectivity index (χ4v) is 3.92. The van der Waals surface area contributed by atoms with E-state index in [0.717, 1.165) is 17.1 Å². The smallest absolute Gasteiger partial charge is 0.248 e. The molecule has 3 aromatic rings. The van der Waals surface area contributed by atoms with Gasteiger partial charge in [-0.1, -0.05) is 75.0 Å². The van der Waals surface area contributed by atoms with Crippen molar-refractivity contribution in [2.24, 2.45) is 0 Å². The van der Waals surface area contributed by atoms with Crippen molar-refractivity contribution < 1.29 is 4.79 Å². The summed E-state index contributed by atoms with van der Waals surface area (Å²) >= 11 is 6.36. The second kappa shape index (κ2) is 10.6. The number of amides is 1. The lowest BCUT2D eigenvalue weighted by atomic mass is 9.87. The Kier molecular flexibility index (Phi) is 7.87. The first-order valence-electron chi connectivity index (χ1n) is 10.4. The maximum atomic E-state index is 12.2. The normalized spacial score (nSPS) is 11.1. The third-order valence-corrected chi connectivity index (χ3v) is 5.82. The first-order chi connectivity index (χ1) is 15.3. The largest absolute Gasteiger partial charge is 0.362 e. The molecule has 0 spiro atoms. The topological polar surface area (TPSA) is 83.9 Å². The third-order valence-electron chi connectivity index (χ3n) is 4.64. The Morgan fingerprint density at radius 3 is 2.34 bits per heavy atom. The Balaban J connectivity index is 1.83. The zero-order chi connectivity index (χ0) is 23.1. The molecule has 168 valence electrons. The number of aromatic nitrogens is 3. The van der Waals surface area contributed by atoms with Crippen molar-refractivity contribution in [1.82, 2.24) is 30.9 Å². The first-order valence-corrected chi connectivity index (χ1v) is 11.8. The lowest BCUT2D eigenvalue weighted by Gasteiger charge is -2.19. The number of rotatable bonds is 6. The number of thiocarbonyl (C=S) groups is 1. The van der Waals surface area contributed by atoms with Gasteiger partial charge in [-0.2, -0.15) is 0 Å². The van der Waals surface area contributed by atoms with Gasteiger partial charge in [0.25, 0.3) is 0 Å². The molecule has 2 aromatic carbocycles. The maximum Gasteiger partial charge on any atom is 0.248 e. The number of carbonyl (C=O) groups excluding carboxylic acids is 1. The minimum Gasteiger partial charge on any atom is -0.362 e. The van der Waals surface area contributed by atoms with Crippen LogP contribution in [-0.4, -0.2) is 38.1 Å². The minimum atomic E-state index is -0.214. The van der Waals surface area contributed by atoms with E-state index in [1.807, 2.05) is 41.8 Å². The number of thioether (sulfide) groups is 1. The van der Waals surface area contributed by atoms with Crippen LogP contribution in [0.4, 0.5) is 0 Å². The van der Waals surface area contributed by atoms with Crippen molar-refractivity contribution in [2.75, 3.05) is 12.3 Å². The second-order valence-corrected chi connectivity index (χ2v) is 9.48. The molecule has 0 radical (unpaired) electrons. The highest BCUT2D eigenvalue weighted by atomic mass is 32.2. The fourth-order valence-electron chi connectivity index (χ4n) is 2.98. The molecule has 0 aliphatic carbocycles. The quantitative estimate of drug-likeness (QED) is 0.288. The Morgan fingerprint density at radius 1 is 1.03 bits per heavy atom.